The van der Waals surface area contributed by atoms with Gasteiger partial charge in [-0.05, 0) is 62.2 Å². The van der Waals surface area contributed by atoms with E-state index < -0.39 is 76.1 Å². The molecule has 0 radical (unpaired) electrons. The summed E-state index contributed by atoms with van der Waals surface area (Å²) in [5.74, 6) is -11.7. The first-order chi connectivity index (χ1) is 21.6. The first kappa shape index (κ1) is 32.3. The van der Waals surface area contributed by atoms with Crippen LogP contribution in [0.5, 0.6) is 5.75 Å². The lowest BCUT2D eigenvalue weighted by molar-refractivity contribution is -0.181. The van der Waals surface area contributed by atoms with Crippen LogP contribution in [0.3, 0.4) is 0 Å². The van der Waals surface area contributed by atoms with Crippen LogP contribution in [0.25, 0.3) is 0 Å². The van der Waals surface area contributed by atoms with Crippen LogP contribution in [0.2, 0.25) is 0 Å². The summed E-state index contributed by atoms with van der Waals surface area (Å²) in [6.45, 7) is 0.0947. The number of Topliss-reactive ketones (excluding diaryl/α,β-unsaturated/α-hetero) is 4. The fraction of sp³-hybridized carbons (Fsp3) is 0.406. The molecule has 6 N–H and O–H groups in total. The highest BCUT2D eigenvalue weighted by Crippen LogP contribution is 2.52. The molecule has 14 heteroatoms. The Morgan fingerprint density at radius 3 is 2.30 bits per heavy atom. The van der Waals surface area contributed by atoms with Crippen molar-refractivity contribution in [3.8, 4) is 11.8 Å². The number of primary amides is 1. The SMILES string of the molecule is CN(C)c1cc(NC(=O)NCc2ccc(C#N)cc2)c(O)c2c1C[C@H]1C[C@H]3[C@H](N(C)C)C(=O)C(C(N)=O)C(=O)[C@@]3(O)C(=O)C1C2=O. The molecule has 14 nitrogen and oxygen atoms in total. The summed E-state index contributed by atoms with van der Waals surface area (Å²) in [4.78, 5) is 83.1. The first-order valence-corrected chi connectivity index (χ1v) is 14.6. The quantitative estimate of drug-likeness (QED) is 0.213. The van der Waals surface area contributed by atoms with Gasteiger partial charge in [-0.2, -0.15) is 5.26 Å². The van der Waals surface area contributed by atoms with Gasteiger partial charge < -0.3 is 31.5 Å². The van der Waals surface area contributed by atoms with Crippen molar-refractivity contribution < 1.29 is 39.0 Å². The van der Waals surface area contributed by atoms with E-state index in [1.165, 1.54) is 25.1 Å². The van der Waals surface area contributed by atoms with Crippen molar-refractivity contribution in [2.45, 2.75) is 31.0 Å². The number of likely N-dealkylation sites (N-methyl/N-ethyl adjacent to an activating group) is 1. The average Bonchev–Trinajstić information content (AvgIpc) is 2.99. The van der Waals surface area contributed by atoms with E-state index in [4.69, 9.17) is 11.0 Å². The molecule has 2 unspecified atom stereocenters. The largest absolute Gasteiger partial charge is 0.505 e. The number of nitriles is 1. The summed E-state index contributed by atoms with van der Waals surface area (Å²) in [6, 6.07) is 8.16. The van der Waals surface area contributed by atoms with Crippen molar-refractivity contribution in [1.29, 1.82) is 5.26 Å². The van der Waals surface area contributed by atoms with Gasteiger partial charge >= 0.3 is 6.03 Å². The number of amides is 3. The number of phenols is 1. The fourth-order valence-electron chi connectivity index (χ4n) is 7.19. The molecule has 2 aromatic rings. The zero-order chi connectivity index (χ0) is 33.8. The van der Waals surface area contributed by atoms with Gasteiger partial charge in [0.05, 0.1) is 34.8 Å². The third-order valence-corrected chi connectivity index (χ3v) is 9.30. The molecule has 0 saturated heterocycles. The number of anilines is 2. The van der Waals surface area contributed by atoms with Crippen LogP contribution in [-0.2, 0) is 32.1 Å². The van der Waals surface area contributed by atoms with E-state index in [2.05, 4.69) is 10.6 Å². The van der Waals surface area contributed by atoms with Crippen LogP contribution in [0.15, 0.2) is 30.3 Å². The van der Waals surface area contributed by atoms with Gasteiger partial charge in [0.1, 0.15) is 5.75 Å². The van der Waals surface area contributed by atoms with E-state index in [1.54, 1.807) is 43.3 Å². The number of carbonyl (C=O) groups is 6. The minimum absolute atomic E-state index is 0.0741. The average molecular weight is 631 g/mol. The van der Waals surface area contributed by atoms with E-state index in [9.17, 15) is 39.0 Å². The van der Waals surface area contributed by atoms with Crippen molar-refractivity contribution in [2.24, 2.45) is 29.4 Å². The van der Waals surface area contributed by atoms with Crippen LogP contribution in [0.4, 0.5) is 16.2 Å². The Kier molecular flexibility index (Phi) is 8.18. The molecule has 0 heterocycles. The fourth-order valence-corrected chi connectivity index (χ4v) is 7.19. The van der Waals surface area contributed by atoms with Gasteiger partial charge in [-0.1, -0.05) is 12.1 Å². The number of nitrogens with two attached hydrogens (primary N) is 1. The molecule has 2 saturated carbocycles. The van der Waals surface area contributed by atoms with Crippen LogP contribution < -0.4 is 21.3 Å². The molecule has 46 heavy (non-hydrogen) atoms. The second kappa shape index (κ2) is 11.7. The Morgan fingerprint density at radius 2 is 1.74 bits per heavy atom. The van der Waals surface area contributed by atoms with Crippen LogP contribution in [0, 0.1) is 35.0 Å². The summed E-state index contributed by atoms with van der Waals surface area (Å²) < 4.78 is 0. The Bertz CT molecular complexity index is 1730. The third kappa shape index (κ3) is 4.97. The van der Waals surface area contributed by atoms with E-state index in [-0.39, 0.29) is 30.6 Å². The summed E-state index contributed by atoms with van der Waals surface area (Å²) in [7, 11) is 6.44. The smallest absolute Gasteiger partial charge is 0.319 e. The Balaban J connectivity index is 1.51. The molecule has 6 atom stereocenters. The van der Waals surface area contributed by atoms with Crippen molar-refractivity contribution in [1.82, 2.24) is 10.2 Å². The van der Waals surface area contributed by atoms with Gasteiger partial charge in [-0.25, -0.2) is 4.79 Å². The molecule has 3 aliphatic carbocycles. The lowest BCUT2D eigenvalue weighted by Gasteiger charge is -2.52. The van der Waals surface area contributed by atoms with Gasteiger partial charge in [0.25, 0.3) is 0 Å². The summed E-state index contributed by atoms with van der Waals surface area (Å²) in [5.41, 5.74) is 4.23. The van der Waals surface area contributed by atoms with Crippen LogP contribution >= 0.6 is 0 Å². The summed E-state index contributed by atoms with van der Waals surface area (Å²) in [6.07, 6.45) is 0.00730. The minimum atomic E-state index is -2.84. The number of benzene rings is 2. The predicted molar refractivity (Wildman–Crippen MR) is 163 cm³/mol. The molecule has 3 aliphatic rings. The van der Waals surface area contributed by atoms with Crippen molar-refractivity contribution in [3.05, 3.63) is 52.6 Å². The second-order valence-corrected chi connectivity index (χ2v) is 12.4. The van der Waals surface area contributed by atoms with Gasteiger partial charge in [0, 0.05) is 32.2 Å². The number of urea groups is 1. The number of aliphatic hydroxyl groups is 1. The zero-order valence-corrected chi connectivity index (χ0v) is 25.7. The molecular formula is C32H34N6O8. The van der Waals surface area contributed by atoms with Crippen molar-refractivity contribution in [2.75, 3.05) is 38.4 Å². The van der Waals surface area contributed by atoms with Crippen LogP contribution in [0.1, 0.15) is 33.5 Å². The van der Waals surface area contributed by atoms with Crippen molar-refractivity contribution >= 4 is 46.4 Å². The number of hydrogen-bond donors (Lipinski definition) is 5. The lowest BCUT2D eigenvalue weighted by Crippen LogP contribution is -2.74. The number of aromatic hydroxyl groups is 1. The Morgan fingerprint density at radius 1 is 1.09 bits per heavy atom. The predicted octanol–water partition coefficient (Wildman–Crippen LogP) is 0.126. The molecule has 3 amide bonds. The summed E-state index contributed by atoms with van der Waals surface area (Å²) in [5, 5.41) is 37.2. The van der Waals surface area contributed by atoms with E-state index in [1.807, 2.05) is 6.07 Å². The molecule has 5 rings (SSSR count). The number of rotatable bonds is 6. The highest BCUT2D eigenvalue weighted by Gasteiger charge is 2.69. The minimum Gasteiger partial charge on any atom is -0.505 e. The van der Waals surface area contributed by atoms with Crippen LogP contribution in [-0.4, -0.2) is 90.0 Å². The molecule has 2 fully saturated rings. The molecule has 0 bridgehead atoms. The number of hydrogen-bond acceptors (Lipinski definition) is 11. The van der Waals surface area contributed by atoms with Gasteiger partial charge in [0.2, 0.25) is 5.91 Å². The monoisotopic (exact) mass is 630 g/mol. The van der Waals surface area contributed by atoms with Gasteiger partial charge in [-0.15, -0.1) is 0 Å². The second-order valence-electron chi connectivity index (χ2n) is 12.4. The maximum absolute atomic E-state index is 14.1. The number of ketones is 4. The molecule has 0 aromatic heterocycles. The van der Waals surface area contributed by atoms with E-state index in [0.29, 0.717) is 22.4 Å². The standard InChI is InChI=1S/C32H34N6O8/c1-37(2)20-11-19(36-31(45)35-13-15-7-5-14(12-33)6-8-15)25(39)22-17(20)9-16-10-18-24(38(3)4)27(41)23(30(34)44)29(43)32(18,46)28(42)21(16)26(22)40/h5-8,11,16,18,21,23-24,39,46H,9-10,13H2,1-4H3,(H2,34,44)(H2,35,36,45)/t16-,18-,21?,23?,24-,32-/m0/s1. The highest BCUT2D eigenvalue weighted by molar-refractivity contribution is 6.32. The third-order valence-electron chi connectivity index (χ3n) is 9.30. The number of carbonyl (C=O) groups excluding carboxylic acids is 6. The van der Waals surface area contributed by atoms with Gasteiger partial charge in [0.15, 0.2) is 34.7 Å². The maximum atomic E-state index is 14.1. The van der Waals surface area contributed by atoms with Crippen molar-refractivity contribution in [3.63, 3.8) is 0 Å². The Labute approximate surface area is 264 Å². The normalized spacial score (nSPS) is 26.8. The zero-order valence-electron chi connectivity index (χ0n) is 25.7. The lowest BCUT2D eigenvalue weighted by atomic mass is 9.52. The molecule has 0 aliphatic heterocycles. The van der Waals surface area contributed by atoms with E-state index >= 15 is 0 Å². The highest BCUT2D eigenvalue weighted by atomic mass is 16.3. The number of fused-ring (bicyclic) bond motifs is 3. The van der Waals surface area contributed by atoms with Gasteiger partial charge in [-0.3, -0.25) is 28.9 Å². The number of nitrogens with one attached hydrogen (secondary N) is 2. The first-order valence-electron chi connectivity index (χ1n) is 14.6. The molecule has 240 valence electrons. The number of nitrogens with zero attached hydrogens (tertiary/aromatic N) is 3. The maximum Gasteiger partial charge on any atom is 0.319 e. The number of phenolic OH excluding ortho intramolecular Hbond substituents is 1. The summed E-state index contributed by atoms with van der Waals surface area (Å²) >= 11 is 0. The van der Waals surface area contributed by atoms with E-state index in [0.717, 1.165) is 0 Å². The molecule has 0 spiro atoms. The molecule has 2 aromatic carbocycles. The topological polar surface area (TPSA) is 223 Å². The molecular weight excluding hydrogens is 596 g/mol. The Hall–Kier alpha value is -5.13.